The number of likely N-dealkylation sites (tertiary alicyclic amines) is 1. The summed E-state index contributed by atoms with van der Waals surface area (Å²) in [6.07, 6.45) is 1.98. The van der Waals surface area contributed by atoms with Gasteiger partial charge in [-0.05, 0) is 49.6 Å². The van der Waals surface area contributed by atoms with E-state index in [9.17, 15) is 4.79 Å². The summed E-state index contributed by atoms with van der Waals surface area (Å²) in [5, 5.41) is 4.46. The zero-order valence-electron chi connectivity index (χ0n) is 16.8. The van der Waals surface area contributed by atoms with Crippen LogP contribution in [0.5, 0.6) is 0 Å². The molecule has 0 aromatic heterocycles. The number of carbonyl (C=O) groups is 1. The first-order chi connectivity index (χ1) is 14.0. The molecule has 2 aromatic rings. The SMILES string of the molecule is Cc1cccc(CSCCNC(=O)C2CCCN(Cc3ccc(Cl)cc3Cl)C2)c1. The average Bonchev–Trinajstić information content (AvgIpc) is 2.70. The maximum atomic E-state index is 12.6. The van der Waals surface area contributed by atoms with Crippen molar-refractivity contribution in [2.24, 2.45) is 5.92 Å². The van der Waals surface area contributed by atoms with E-state index in [4.69, 9.17) is 23.2 Å². The Labute approximate surface area is 188 Å². The van der Waals surface area contributed by atoms with E-state index in [-0.39, 0.29) is 11.8 Å². The quantitative estimate of drug-likeness (QED) is 0.533. The van der Waals surface area contributed by atoms with Crippen molar-refractivity contribution in [3.63, 3.8) is 0 Å². The molecule has 1 heterocycles. The molecule has 29 heavy (non-hydrogen) atoms. The van der Waals surface area contributed by atoms with E-state index in [2.05, 4.69) is 41.4 Å². The van der Waals surface area contributed by atoms with Crippen molar-refractivity contribution in [1.29, 1.82) is 0 Å². The van der Waals surface area contributed by atoms with Crippen molar-refractivity contribution < 1.29 is 4.79 Å². The van der Waals surface area contributed by atoms with Crippen molar-refractivity contribution in [3.8, 4) is 0 Å². The second-order valence-electron chi connectivity index (χ2n) is 7.64. The zero-order valence-corrected chi connectivity index (χ0v) is 19.1. The van der Waals surface area contributed by atoms with Crippen molar-refractivity contribution in [2.75, 3.05) is 25.4 Å². The predicted molar refractivity (Wildman–Crippen MR) is 125 cm³/mol. The number of carbonyl (C=O) groups excluding carboxylic acids is 1. The first-order valence-corrected chi connectivity index (χ1v) is 12.0. The van der Waals surface area contributed by atoms with Gasteiger partial charge in [0, 0.05) is 41.2 Å². The van der Waals surface area contributed by atoms with Gasteiger partial charge in [0.1, 0.15) is 0 Å². The third kappa shape index (κ3) is 7.21. The Hall–Kier alpha value is -1.20. The van der Waals surface area contributed by atoms with Crippen LogP contribution >= 0.6 is 35.0 Å². The topological polar surface area (TPSA) is 32.3 Å². The van der Waals surface area contributed by atoms with Gasteiger partial charge in [-0.25, -0.2) is 0 Å². The van der Waals surface area contributed by atoms with Crippen LogP contribution in [0, 0.1) is 12.8 Å². The molecule has 1 saturated heterocycles. The summed E-state index contributed by atoms with van der Waals surface area (Å²) < 4.78 is 0. The van der Waals surface area contributed by atoms with Crippen LogP contribution in [-0.2, 0) is 17.1 Å². The number of nitrogens with one attached hydrogen (secondary N) is 1. The molecule has 0 radical (unpaired) electrons. The van der Waals surface area contributed by atoms with Crippen LogP contribution < -0.4 is 5.32 Å². The smallest absolute Gasteiger partial charge is 0.224 e. The third-order valence-corrected chi connectivity index (χ3v) is 6.80. The van der Waals surface area contributed by atoms with Gasteiger partial charge in [0.2, 0.25) is 5.91 Å². The molecule has 1 unspecified atom stereocenters. The molecular formula is C23H28Cl2N2OS. The van der Waals surface area contributed by atoms with Gasteiger partial charge in [0.25, 0.3) is 0 Å². The fourth-order valence-corrected chi connectivity index (χ4v) is 4.96. The standard InChI is InChI=1S/C23H28Cl2N2OS/c1-17-4-2-5-18(12-17)16-29-11-9-26-23(28)20-6-3-10-27(15-20)14-19-7-8-21(24)13-22(19)25/h2,4-5,7-8,12-13,20H,3,6,9-11,14-16H2,1H3,(H,26,28). The number of hydrogen-bond acceptors (Lipinski definition) is 3. The number of hydrogen-bond donors (Lipinski definition) is 1. The molecule has 3 rings (SSSR count). The summed E-state index contributed by atoms with van der Waals surface area (Å²) >= 11 is 14.1. The number of piperidine rings is 1. The van der Waals surface area contributed by atoms with Gasteiger partial charge in [0.15, 0.2) is 0 Å². The average molecular weight is 451 g/mol. The summed E-state index contributed by atoms with van der Waals surface area (Å²) in [6, 6.07) is 14.2. The minimum absolute atomic E-state index is 0.0524. The number of rotatable bonds is 8. The molecule has 6 heteroatoms. The normalized spacial score (nSPS) is 17.3. The molecule has 3 nitrogen and oxygen atoms in total. The molecule has 2 aromatic carbocycles. The van der Waals surface area contributed by atoms with Crippen molar-refractivity contribution in [2.45, 2.75) is 32.1 Å². The largest absolute Gasteiger partial charge is 0.355 e. The number of nitrogens with zero attached hydrogens (tertiary/aromatic N) is 1. The van der Waals surface area contributed by atoms with Crippen molar-refractivity contribution in [1.82, 2.24) is 10.2 Å². The third-order valence-electron chi connectivity index (χ3n) is 5.18. The van der Waals surface area contributed by atoms with Gasteiger partial charge in [-0.2, -0.15) is 11.8 Å². The first kappa shape index (κ1) is 22.5. The van der Waals surface area contributed by atoms with Crippen LogP contribution in [0.3, 0.4) is 0 Å². The highest BCUT2D eigenvalue weighted by Crippen LogP contribution is 2.25. The lowest BCUT2D eigenvalue weighted by Gasteiger charge is -2.32. The van der Waals surface area contributed by atoms with Crippen LogP contribution in [0.4, 0.5) is 0 Å². The van der Waals surface area contributed by atoms with Gasteiger partial charge in [-0.3, -0.25) is 9.69 Å². The molecule has 1 aliphatic rings. The summed E-state index contributed by atoms with van der Waals surface area (Å²) in [7, 11) is 0. The lowest BCUT2D eigenvalue weighted by molar-refractivity contribution is -0.126. The second-order valence-corrected chi connectivity index (χ2v) is 9.59. The number of thioether (sulfide) groups is 1. The summed E-state index contributed by atoms with van der Waals surface area (Å²) in [5.41, 5.74) is 3.69. The molecule has 0 spiro atoms. The van der Waals surface area contributed by atoms with Gasteiger partial charge in [-0.15, -0.1) is 0 Å². The van der Waals surface area contributed by atoms with E-state index in [1.54, 1.807) is 6.07 Å². The first-order valence-electron chi connectivity index (χ1n) is 10.1. The van der Waals surface area contributed by atoms with Crippen LogP contribution in [0.15, 0.2) is 42.5 Å². The maximum absolute atomic E-state index is 12.6. The fourth-order valence-electron chi connectivity index (χ4n) is 3.69. The van der Waals surface area contributed by atoms with Crippen LogP contribution in [0.2, 0.25) is 10.0 Å². The van der Waals surface area contributed by atoms with Crippen molar-refractivity contribution in [3.05, 3.63) is 69.2 Å². The molecule has 1 fully saturated rings. The molecule has 156 valence electrons. The highest BCUT2D eigenvalue weighted by Gasteiger charge is 2.25. The Morgan fingerprint density at radius 3 is 2.90 bits per heavy atom. The van der Waals surface area contributed by atoms with Gasteiger partial charge < -0.3 is 5.32 Å². The van der Waals surface area contributed by atoms with Gasteiger partial charge >= 0.3 is 0 Å². The Morgan fingerprint density at radius 2 is 2.10 bits per heavy atom. The van der Waals surface area contributed by atoms with E-state index < -0.39 is 0 Å². The zero-order chi connectivity index (χ0) is 20.6. The Kier molecular flexibility index (Phi) is 8.73. The lowest BCUT2D eigenvalue weighted by Crippen LogP contribution is -2.43. The Balaban J connectivity index is 1.39. The van der Waals surface area contributed by atoms with Gasteiger partial charge in [-0.1, -0.05) is 59.1 Å². The van der Waals surface area contributed by atoms with Gasteiger partial charge in [0.05, 0.1) is 5.92 Å². The highest BCUT2D eigenvalue weighted by molar-refractivity contribution is 7.98. The number of benzene rings is 2. The Bertz CT molecular complexity index is 830. The second kappa shape index (κ2) is 11.3. The molecule has 0 aliphatic carbocycles. The predicted octanol–water partition coefficient (Wildman–Crippen LogP) is 5.56. The van der Waals surface area contributed by atoms with Crippen molar-refractivity contribution >= 4 is 40.9 Å². The summed E-state index contributed by atoms with van der Waals surface area (Å²) in [4.78, 5) is 14.9. The summed E-state index contributed by atoms with van der Waals surface area (Å²) in [6.45, 7) is 5.36. The molecule has 1 amide bonds. The minimum Gasteiger partial charge on any atom is -0.355 e. The van der Waals surface area contributed by atoms with E-state index in [1.165, 1.54) is 11.1 Å². The minimum atomic E-state index is 0.0524. The highest BCUT2D eigenvalue weighted by atomic mass is 35.5. The molecular weight excluding hydrogens is 423 g/mol. The van der Waals surface area contributed by atoms with E-state index in [0.717, 1.165) is 56.1 Å². The maximum Gasteiger partial charge on any atom is 0.224 e. The number of aryl methyl sites for hydroxylation is 1. The van der Waals surface area contributed by atoms with Crippen LogP contribution in [0.1, 0.15) is 29.5 Å². The number of halogens is 2. The van der Waals surface area contributed by atoms with Crippen LogP contribution in [0.25, 0.3) is 0 Å². The van der Waals surface area contributed by atoms with E-state index >= 15 is 0 Å². The molecule has 1 aliphatic heterocycles. The molecule has 0 saturated carbocycles. The lowest BCUT2D eigenvalue weighted by atomic mass is 9.96. The van der Waals surface area contributed by atoms with Crippen LogP contribution in [-0.4, -0.2) is 36.2 Å². The Morgan fingerprint density at radius 1 is 1.24 bits per heavy atom. The fraction of sp³-hybridized carbons (Fsp3) is 0.435. The molecule has 1 N–H and O–H groups in total. The van der Waals surface area contributed by atoms with E-state index in [1.807, 2.05) is 23.9 Å². The van der Waals surface area contributed by atoms with E-state index in [0.29, 0.717) is 10.0 Å². The number of amides is 1. The monoisotopic (exact) mass is 450 g/mol. The molecule has 1 atom stereocenters. The molecule has 0 bridgehead atoms. The summed E-state index contributed by atoms with van der Waals surface area (Å²) in [5.74, 6) is 2.14.